The molecular formula is C17H24N2O4. The van der Waals surface area contributed by atoms with Crippen LogP contribution in [0.4, 0.5) is 0 Å². The highest BCUT2D eigenvalue weighted by Gasteiger charge is 2.33. The van der Waals surface area contributed by atoms with Gasteiger partial charge in [0.1, 0.15) is 6.10 Å². The maximum atomic E-state index is 12.5. The molecule has 6 heteroatoms. The molecular weight excluding hydrogens is 296 g/mol. The molecule has 0 aliphatic heterocycles. The molecule has 1 aromatic heterocycles. The van der Waals surface area contributed by atoms with Crippen LogP contribution in [0.1, 0.15) is 56.8 Å². The van der Waals surface area contributed by atoms with Crippen LogP contribution in [-0.2, 0) is 4.79 Å². The summed E-state index contributed by atoms with van der Waals surface area (Å²) in [5.41, 5.74) is -0.396. The van der Waals surface area contributed by atoms with E-state index in [2.05, 4.69) is 10.3 Å². The zero-order valence-electron chi connectivity index (χ0n) is 13.8. The number of pyridine rings is 1. The number of carboxylic acid groups (broad SMARTS) is 1. The van der Waals surface area contributed by atoms with Crippen molar-refractivity contribution >= 4 is 11.9 Å². The van der Waals surface area contributed by atoms with Gasteiger partial charge >= 0.3 is 5.97 Å². The number of carbonyl (C=O) groups excluding carboxylic acids is 1. The van der Waals surface area contributed by atoms with Crippen molar-refractivity contribution in [2.45, 2.75) is 58.1 Å². The number of ether oxygens (including phenoxy) is 1. The van der Waals surface area contributed by atoms with Gasteiger partial charge in [0.2, 0.25) is 5.88 Å². The fourth-order valence-electron chi connectivity index (χ4n) is 2.31. The number of rotatable bonds is 7. The van der Waals surface area contributed by atoms with Crippen LogP contribution in [0.25, 0.3) is 0 Å². The summed E-state index contributed by atoms with van der Waals surface area (Å²) in [5, 5.41) is 11.9. The fourth-order valence-corrected chi connectivity index (χ4v) is 2.31. The van der Waals surface area contributed by atoms with Gasteiger partial charge in [0, 0.05) is 17.8 Å². The van der Waals surface area contributed by atoms with E-state index in [0.29, 0.717) is 11.4 Å². The average Bonchev–Trinajstić information content (AvgIpc) is 2.42. The van der Waals surface area contributed by atoms with Crippen LogP contribution in [0.2, 0.25) is 0 Å². The van der Waals surface area contributed by atoms with Crippen molar-refractivity contribution in [2.24, 2.45) is 5.92 Å². The van der Waals surface area contributed by atoms with Crippen molar-refractivity contribution in [3.8, 4) is 5.88 Å². The van der Waals surface area contributed by atoms with Crippen molar-refractivity contribution in [3.05, 3.63) is 23.9 Å². The Bertz CT molecular complexity index is 584. The summed E-state index contributed by atoms with van der Waals surface area (Å²) in [5.74, 6) is -0.838. The Labute approximate surface area is 136 Å². The topological polar surface area (TPSA) is 88.5 Å². The molecule has 6 nitrogen and oxygen atoms in total. The summed E-state index contributed by atoms with van der Waals surface area (Å²) in [6.07, 6.45) is 4.78. The number of aliphatic carboxylic acids is 1. The van der Waals surface area contributed by atoms with Gasteiger partial charge in [-0.05, 0) is 38.2 Å². The van der Waals surface area contributed by atoms with E-state index >= 15 is 0 Å². The van der Waals surface area contributed by atoms with Crippen LogP contribution in [0, 0.1) is 5.92 Å². The van der Waals surface area contributed by atoms with Crippen LogP contribution in [0.3, 0.4) is 0 Å². The maximum absolute atomic E-state index is 12.5. The van der Waals surface area contributed by atoms with Crippen molar-refractivity contribution in [1.29, 1.82) is 0 Å². The lowest BCUT2D eigenvalue weighted by atomic mass is 9.85. The highest BCUT2D eigenvalue weighted by atomic mass is 16.5. The Morgan fingerprint density at radius 3 is 2.70 bits per heavy atom. The largest absolute Gasteiger partial charge is 0.481 e. The van der Waals surface area contributed by atoms with Crippen LogP contribution in [0.5, 0.6) is 5.88 Å². The molecule has 1 aromatic rings. The molecule has 1 aliphatic carbocycles. The molecule has 0 spiro atoms. The van der Waals surface area contributed by atoms with Gasteiger partial charge in [0.25, 0.3) is 5.91 Å². The van der Waals surface area contributed by atoms with Gasteiger partial charge < -0.3 is 15.2 Å². The number of nitrogens with one attached hydrogen (secondary N) is 1. The Morgan fingerprint density at radius 1 is 1.48 bits per heavy atom. The first-order valence-corrected chi connectivity index (χ1v) is 7.97. The number of hydrogen-bond acceptors (Lipinski definition) is 4. The Hall–Kier alpha value is -2.11. The van der Waals surface area contributed by atoms with E-state index in [-0.39, 0.29) is 24.3 Å². The summed E-state index contributed by atoms with van der Waals surface area (Å²) in [6, 6.07) is 3.21. The first-order valence-electron chi connectivity index (χ1n) is 7.97. The van der Waals surface area contributed by atoms with Crippen molar-refractivity contribution in [3.63, 3.8) is 0 Å². The van der Waals surface area contributed by atoms with Gasteiger partial charge in [-0.25, -0.2) is 4.98 Å². The zero-order valence-corrected chi connectivity index (χ0v) is 13.8. The summed E-state index contributed by atoms with van der Waals surface area (Å²) in [7, 11) is 0. The molecule has 0 saturated heterocycles. The summed E-state index contributed by atoms with van der Waals surface area (Å²) < 4.78 is 5.70. The van der Waals surface area contributed by atoms with Crippen molar-refractivity contribution in [2.75, 3.05) is 0 Å². The summed E-state index contributed by atoms with van der Waals surface area (Å²) >= 11 is 0. The lowest BCUT2D eigenvalue weighted by Gasteiger charge is -2.33. The average molecular weight is 320 g/mol. The molecule has 2 N–H and O–H groups in total. The summed E-state index contributed by atoms with van der Waals surface area (Å²) in [4.78, 5) is 27.7. The van der Waals surface area contributed by atoms with Crippen LogP contribution < -0.4 is 10.1 Å². The number of carbonyl (C=O) groups is 2. The minimum absolute atomic E-state index is 0.0184. The third-order valence-electron chi connectivity index (χ3n) is 4.53. The number of amides is 1. The Balaban J connectivity index is 2.09. The third kappa shape index (κ3) is 4.43. The molecule has 1 saturated carbocycles. The molecule has 23 heavy (non-hydrogen) atoms. The molecule has 1 amide bonds. The van der Waals surface area contributed by atoms with Crippen LogP contribution in [-0.4, -0.2) is 33.6 Å². The molecule has 1 fully saturated rings. The molecule has 1 heterocycles. The second-order valence-corrected chi connectivity index (χ2v) is 6.65. The minimum Gasteiger partial charge on any atom is -0.481 e. The fraction of sp³-hybridized carbons (Fsp3) is 0.588. The quantitative estimate of drug-likeness (QED) is 0.806. The number of nitrogens with zero attached hydrogens (tertiary/aromatic N) is 1. The van der Waals surface area contributed by atoms with E-state index in [1.54, 1.807) is 19.1 Å². The predicted octanol–water partition coefficient (Wildman–Crippen LogP) is 2.63. The Kier molecular flexibility index (Phi) is 5.23. The van der Waals surface area contributed by atoms with Crippen molar-refractivity contribution < 1.29 is 19.4 Å². The molecule has 0 aromatic carbocycles. The highest BCUT2D eigenvalue weighted by molar-refractivity contribution is 5.95. The second kappa shape index (κ2) is 6.98. The normalized spacial score (nSPS) is 17.2. The monoisotopic (exact) mass is 320 g/mol. The first kappa shape index (κ1) is 17.2. The second-order valence-electron chi connectivity index (χ2n) is 6.65. The number of carboxylic acids is 1. The molecule has 0 bridgehead atoms. The van der Waals surface area contributed by atoms with E-state index in [0.717, 1.165) is 19.3 Å². The SMILES string of the molecule is CC(C)C(C)(CC(=O)O)NC(=O)c1ccnc(OC2CCC2)c1. The van der Waals surface area contributed by atoms with E-state index in [1.165, 1.54) is 6.20 Å². The standard InChI is InChI=1S/C17H24N2O4/c1-11(2)17(3,10-15(20)21)19-16(22)12-7-8-18-14(9-12)23-13-5-4-6-13/h7-9,11,13H,4-6,10H2,1-3H3,(H,19,22)(H,20,21). The summed E-state index contributed by atoms with van der Waals surface area (Å²) in [6.45, 7) is 5.53. The van der Waals surface area contributed by atoms with Gasteiger partial charge in [-0.1, -0.05) is 13.8 Å². The molecule has 126 valence electrons. The maximum Gasteiger partial charge on any atom is 0.305 e. The molecule has 2 rings (SSSR count). The number of hydrogen-bond donors (Lipinski definition) is 2. The lowest BCUT2D eigenvalue weighted by Crippen LogP contribution is -2.51. The Morgan fingerprint density at radius 2 is 2.17 bits per heavy atom. The van der Waals surface area contributed by atoms with Crippen LogP contribution >= 0.6 is 0 Å². The minimum atomic E-state index is -0.940. The third-order valence-corrected chi connectivity index (χ3v) is 4.53. The van der Waals surface area contributed by atoms with E-state index in [4.69, 9.17) is 9.84 Å². The van der Waals surface area contributed by atoms with E-state index in [1.807, 2.05) is 13.8 Å². The van der Waals surface area contributed by atoms with Gasteiger partial charge in [-0.15, -0.1) is 0 Å². The molecule has 0 radical (unpaired) electrons. The molecule has 1 unspecified atom stereocenters. The van der Waals surface area contributed by atoms with Gasteiger partial charge in [0.15, 0.2) is 0 Å². The zero-order chi connectivity index (χ0) is 17.0. The van der Waals surface area contributed by atoms with E-state index in [9.17, 15) is 9.59 Å². The molecule has 1 atom stereocenters. The number of aromatic nitrogens is 1. The predicted molar refractivity (Wildman–Crippen MR) is 85.5 cm³/mol. The smallest absolute Gasteiger partial charge is 0.305 e. The van der Waals surface area contributed by atoms with Crippen molar-refractivity contribution in [1.82, 2.24) is 10.3 Å². The van der Waals surface area contributed by atoms with Gasteiger partial charge in [-0.3, -0.25) is 9.59 Å². The van der Waals surface area contributed by atoms with E-state index < -0.39 is 11.5 Å². The lowest BCUT2D eigenvalue weighted by molar-refractivity contribution is -0.138. The van der Waals surface area contributed by atoms with Gasteiger partial charge in [-0.2, -0.15) is 0 Å². The highest BCUT2D eigenvalue weighted by Crippen LogP contribution is 2.25. The first-order chi connectivity index (χ1) is 10.8. The van der Waals surface area contributed by atoms with Crippen LogP contribution in [0.15, 0.2) is 18.3 Å². The van der Waals surface area contributed by atoms with Gasteiger partial charge in [0.05, 0.1) is 12.0 Å². The molecule has 1 aliphatic rings.